The Morgan fingerprint density at radius 1 is 1.04 bits per heavy atom. The number of benzene rings is 3. The minimum Gasteiger partial charge on any atom is -0.494 e. The van der Waals surface area contributed by atoms with Crippen LogP contribution in [0.4, 0.5) is 5.13 Å². The number of halogens is 1. The van der Waals surface area contributed by atoms with Crippen molar-refractivity contribution in [1.29, 1.82) is 0 Å². The first-order valence-corrected chi connectivity index (χ1v) is 9.91. The van der Waals surface area contributed by atoms with Crippen molar-refractivity contribution in [3.05, 3.63) is 88.4 Å². The number of methoxy groups -OCH3 is 1. The first-order valence-electron chi connectivity index (χ1n) is 8.71. The molecule has 0 aliphatic rings. The molecule has 4 aromatic rings. The van der Waals surface area contributed by atoms with Crippen LogP contribution in [-0.4, -0.2) is 18.0 Å². The van der Waals surface area contributed by atoms with E-state index in [2.05, 4.69) is 22.4 Å². The van der Waals surface area contributed by atoms with E-state index in [0.717, 1.165) is 16.7 Å². The van der Waals surface area contributed by atoms with Crippen LogP contribution in [0.2, 0.25) is 5.02 Å². The number of rotatable bonds is 5. The number of ether oxygens (including phenoxy) is 1. The van der Waals surface area contributed by atoms with E-state index in [-0.39, 0.29) is 5.91 Å². The number of fused-ring (bicyclic) bond motifs is 1. The highest BCUT2D eigenvalue weighted by Gasteiger charge is 2.14. The molecule has 0 bridgehead atoms. The van der Waals surface area contributed by atoms with E-state index >= 15 is 0 Å². The second kappa shape index (κ2) is 8.00. The number of carbonyl (C=O) groups is 1. The lowest BCUT2D eigenvalue weighted by Crippen LogP contribution is -2.11. The summed E-state index contributed by atoms with van der Waals surface area (Å²) in [5, 5.41) is 3.92. The van der Waals surface area contributed by atoms with E-state index in [4.69, 9.17) is 16.3 Å². The Morgan fingerprint density at radius 3 is 2.46 bits per heavy atom. The van der Waals surface area contributed by atoms with Crippen molar-refractivity contribution >= 4 is 44.2 Å². The zero-order valence-corrected chi connectivity index (χ0v) is 16.7. The molecule has 0 fully saturated rings. The molecule has 6 heteroatoms. The average Bonchev–Trinajstić information content (AvgIpc) is 3.14. The molecular formula is C22H17ClN2O2S. The van der Waals surface area contributed by atoms with Gasteiger partial charge in [-0.2, -0.15) is 0 Å². The van der Waals surface area contributed by atoms with Crippen LogP contribution in [-0.2, 0) is 6.42 Å². The van der Waals surface area contributed by atoms with E-state index in [9.17, 15) is 4.79 Å². The molecule has 0 atom stereocenters. The lowest BCUT2D eigenvalue weighted by Gasteiger charge is -2.05. The second-order valence-electron chi connectivity index (χ2n) is 6.26. The standard InChI is InChI=1S/C22H17ClN2O2S/c1-27-18-12-11-17(23)20-19(18)24-22(28-20)25-21(26)16-9-7-15(8-10-16)13-14-5-3-2-4-6-14/h2-12H,13H2,1H3,(H,24,25,26). The van der Waals surface area contributed by atoms with Crippen molar-refractivity contribution in [1.82, 2.24) is 4.98 Å². The van der Waals surface area contributed by atoms with Gasteiger partial charge in [0.15, 0.2) is 5.13 Å². The molecule has 1 N–H and O–H groups in total. The van der Waals surface area contributed by atoms with Crippen molar-refractivity contribution in [2.24, 2.45) is 0 Å². The quantitative estimate of drug-likeness (QED) is 0.454. The number of hydrogen-bond acceptors (Lipinski definition) is 4. The predicted molar refractivity (Wildman–Crippen MR) is 115 cm³/mol. The van der Waals surface area contributed by atoms with Crippen molar-refractivity contribution in [2.75, 3.05) is 12.4 Å². The Hall–Kier alpha value is -2.89. The molecule has 4 rings (SSSR count). The lowest BCUT2D eigenvalue weighted by molar-refractivity contribution is 0.102. The zero-order chi connectivity index (χ0) is 19.5. The molecule has 3 aromatic carbocycles. The summed E-state index contributed by atoms with van der Waals surface area (Å²) < 4.78 is 6.11. The maximum absolute atomic E-state index is 12.6. The highest BCUT2D eigenvalue weighted by Crippen LogP contribution is 2.37. The zero-order valence-electron chi connectivity index (χ0n) is 15.1. The number of nitrogens with one attached hydrogen (secondary N) is 1. The summed E-state index contributed by atoms with van der Waals surface area (Å²) in [7, 11) is 1.58. The van der Waals surface area contributed by atoms with Crippen LogP contribution in [0.3, 0.4) is 0 Å². The number of aromatic nitrogens is 1. The first-order chi connectivity index (χ1) is 13.6. The van der Waals surface area contributed by atoms with Gasteiger partial charge in [-0.15, -0.1) is 0 Å². The van der Waals surface area contributed by atoms with Gasteiger partial charge >= 0.3 is 0 Å². The van der Waals surface area contributed by atoms with Crippen LogP contribution < -0.4 is 10.1 Å². The molecular weight excluding hydrogens is 392 g/mol. The van der Waals surface area contributed by atoms with Gasteiger partial charge in [0, 0.05) is 5.56 Å². The molecule has 0 spiro atoms. The molecule has 1 aromatic heterocycles. The van der Waals surface area contributed by atoms with E-state index in [1.54, 1.807) is 19.2 Å². The summed E-state index contributed by atoms with van der Waals surface area (Å²) in [6.45, 7) is 0. The molecule has 0 unspecified atom stereocenters. The maximum Gasteiger partial charge on any atom is 0.257 e. The number of amides is 1. The van der Waals surface area contributed by atoms with Crippen LogP contribution in [0, 0.1) is 0 Å². The van der Waals surface area contributed by atoms with Gasteiger partial charge in [0.05, 0.1) is 16.8 Å². The maximum atomic E-state index is 12.6. The summed E-state index contributed by atoms with van der Waals surface area (Å²) in [4.78, 5) is 17.1. The SMILES string of the molecule is COc1ccc(Cl)c2sc(NC(=O)c3ccc(Cc4ccccc4)cc3)nc12. The average molecular weight is 409 g/mol. The van der Waals surface area contributed by atoms with Crippen molar-refractivity contribution in [3.8, 4) is 5.75 Å². The van der Waals surface area contributed by atoms with E-state index in [1.807, 2.05) is 42.5 Å². The van der Waals surface area contributed by atoms with E-state index in [1.165, 1.54) is 16.9 Å². The summed E-state index contributed by atoms with van der Waals surface area (Å²) >= 11 is 7.57. The summed E-state index contributed by atoms with van der Waals surface area (Å²) in [6.07, 6.45) is 0.832. The van der Waals surface area contributed by atoms with Gasteiger partial charge in [0.1, 0.15) is 11.3 Å². The summed E-state index contributed by atoms with van der Waals surface area (Å²) in [6, 6.07) is 21.4. The van der Waals surface area contributed by atoms with Gasteiger partial charge in [-0.3, -0.25) is 10.1 Å². The van der Waals surface area contributed by atoms with Crippen LogP contribution in [0.15, 0.2) is 66.7 Å². The monoisotopic (exact) mass is 408 g/mol. The number of hydrogen-bond donors (Lipinski definition) is 1. The molecule has 0 radical (unpaired) electrons. The number of nitrogens with zero attached hydrogens (tertiary/aromatic N) is 1. The van der Waals surface area contributed by atoms with E-state index in [0.29, 0.717) is 27.0 Å². The summed E-state index contributed by atoms with van der Waals surface area (Å²) in [5.74, 6) is 0.418. The number of thiazole rings is 1. The molecule has 4 nitrogen and oxygen atoms in total. The highest BCUT2D eigenvalue weighted by molar-refractivity contribution is 7.23. The van der Waals surface area contributed by atoms with Gasteiger partial charge in [-0.1, -0.05) is 65.4 Å². The molecule has 0 aliphatic heterocycles. The molecule has 28 heavy (non-hydrogen) atoms. The van der Waals surface area contributed by atoms with Gasteiger partial charge in [-0.25, -0.2) is 4.98 Å². The Bertz CT molecular complexity index is 1120. The van der Waals surface area contributed by atoms with Crippen LogP contribution in [0.5, 0.6) is 5.75 Å². The second-order valence-corrected chi connectivity index (χ2v) is 7.67. The third-order valence-corrected chi connectivity index (χ3v) is 5.80. The molecule has 140 valence electrons. The Balaban J connectivity index is 1.51. The molecule has 0 saturated heterocycles. The molecule has 0 saturated carbocycles. The molecule has 0 aliphatic carbocycles. The minimum absolute atomic E-state index is 0.208. The van der Waals surface area contributed by atoms with Gasteiger partial charge < -0.3 is 4.74 Å². The normalized spacial score (nSPS) is 10.8. The van der Waals surface area contributed by atoms with Gasteiger partial charge in [0.2, 0.25) is 0 Å². The Morgan fingerprint density at radius 2 is 1.75 bits per heavy atom. The van der Waals surface area contributed by atoms with Crippen molar-refractivity contribution < 1.29 is 9.53 Å². The topological polar surface area (TPSA) is 51.2 Å². The van der Waals surface area contributed by atoms with Crippen LogP contribution >= 0.6 is 22.9 Å². The highest BCUT2D eigenvalue weighted by atomic mass is 35.5. The van der Waals surface area contributed by atoms with Gasteiger partial charge in [-0.05, 0) is 41.8 Å². The third-order valence-electron chi connectivity index (χ3n) is 4.37. The predicted octanol–water partition coefficient (Wildman–Crippen LogP) is 5.80. The number of carbonyl (C=O) groups excluding carboxylic acids is 1. The Labute approximate surface area is 171 Å². The fraction of sp³-hybridized carbons (Fsp3) is 0.0909. The van der Waals surface area contributed by atoms with Gasteiger partial charge in [0.25, 0.3) is 5.91 Å². The minimum atomic E-state index is -0.208. The molecule has 1 heterocycles. The van der Waals surface area contributed by atoms with Crippen molar-refractivity contribution in [2.45, 2.75) is 6.42 Å². The molecule has 1 amide bonds. The third kappa shape index (κ3) is 3.86. The Kier molecular flexibility index (Phi) is 5.28. The van der Waals surface area contributed by atoms with Crippen LogP contribution in [0.1, 0.15) is 21.5 Å². The fourth-order valence-corrected chi connectivity index (χ4v) is 4.10. The summed E-state index contributed by atoms with van der Waals surface area (Å²) in [5.41, 5.74) is 3.61. The lowest BCUT2D eigenvalue weighted by atomic mass is 10.0. The first kappa shape index (κ1) is 18.5. The smallest absolute Gasteiger partial charge is 0.257 e. The van der Waals surface area contributed by atoms with Crippen LogP contribution in [0.25, 0.3) is 10.2 Å². The van der Waals surface area contributed by atoms with Crippen molar-refractivity contribution in [3.63, 3.8) is 0 Å². The number of anilines is 1. The van der Waals surface area contributed by atoms with E-state index < -0.39 is 0 Å². The fourth-order valence-electron chi connectivity index (χ4n) is 2.95. The largest absolute Gasteiger partial charge is 0.494 e.